The van der Waals surface area contributed by atoms with Crippen molar-refractivity contribution in [2.24, 2.45) is 11.8 Å². The first-order valence-electron chi connectivity index (χ1n) is 8.36. The Bertz CT molecular complexity index is 429. The molecular formula is C18H28N2. The summed E-state index contributed by atoms with van der Waals surface area (Å²) in [7, 11) is 0. The number of rotatable bonds is 3. The summed E-state index contributed by atoms with van der Waals surface area (Å²) in [6.45, 7) is 4.69. The SMILES string of the molecule is CC1CCCC(NCC2CNc3ccccc3C2)CC1. The summed E-state index contributed by atoms with van der Waals surface area (Å²) >= 11 is 0. The number of hydrogen-bond acceptors (Lipinski definition) is 2. The van der Waals surface area contributed by atoms with Crippen LogP contribution in [0.2, 0.25) is 0 Å². The molecule has 1 saturated carbocycles. The number of benzene rings is 1. The first-order chi connectivity index (χ1) is 9.81. The number of fused-ring (bicyclic) bond motifs is 1. The van der Waals surface area contributed by atoms with Gasteiger partial charge in [-0.05, 0) is 49.1 Å². The van der Waals surface area contributed by atoms with E-state index in [1.807, 2.05) is 0 Å². The minimum absolute atomic E-state index is 0.741. The third-order valence-corrected chi connectivity index (χ3v) is 5.06. The van der Waals surface area contributed by atoms with Crippen molar-refractivity contribution in [2.75, 3.05) is 18.4 Å². The molecule has 3 rings (SSSR count). The topological polar surface area (TPSA) is 24.1 Å². The third-order valence-electron chi connectivity index (χ3n) is 5.06. The van der Waals surface area contributed by atoms with Gasteiger partial charge in [-0.1, -0.05) is 38.0 Å². The van der Waals surface area contributed by atoms with Gasteiger partial charge in [-0.3, -0.25) is 0 Å². The molecule has 0 radical (unpaired) electrons. The van der Waals surface area contributed by atoms with Crippen molar-refractivity contribution >= 4 is 5.69 Å². The van der Waals surface area contributed by atoms with E-state index >= 15 is 0 Å². The predicted octanol–water partition coefficient (Wildman–Crippen LogP) is 3.83. The molecule has 0 amide bonds. The first-order valence-corrected chi connectivity index (χ1v) is 8.36. The highest BCUT2D eigenvalue weighted by Crippen LogP contribution is 2.25. The fraction of sp³-hybridized carbons (Fsp3) is 0.667. The van der Waals surface area contributed by atoms with Crippen LogP contribution in [0.3, 0.4) is 0 Å². The molecule has 110 valence electrons. The zero-order valence-corrected chi connectivity index (χ0v) is 12.7. The van der Waals surface area contributed by atoms with E-state index in [0.717, 1.165) is 24.4 Å². The van der Waals surface area contributed by atoms with Gasteiger partial charge in [-0.15, -0.1) is 0 Å². The number of nitrogens with one attached hydrogen (secondary N) is 2. The molecule has 1 aromatic carbocycles. The molecule has 2 aliphatic rings. The molecule has 2 heteroatoms. The van der Waals surface area contributed by atoms with Crippen molar-refractivity contribution in [1.82, 2.24) is 5.32 Å². The molecule has 1 aliphatic carbocycles. The van der Waals surface area contributed by atoms with Crippen molar-refractivity contribution in [3.63, 3.8) is 0 Å². The lowest BCUT2D eigenvalue weighted by molar-refractivity contribution is 0.397. The molecule has 20 heavy (non-hydrogen) atoms. The zero-order chi connectivity index (χ0) is 13.8. The second kappa shape index (κ2) is 6.62. The molecule has 2 N–H and O–H groups in total. The van der Waals surface area contributed by atoms with Crippen LogP contribution in [0.5, 0.6) is 0 Å². The fourth-order valence-electron chi connectivity index (χ4n) is 3.68. The highest BCUT2D eigenvalue weighted by molar-refractivity contribution is 5.53. The van der Waals surface area contributed by atoms with Gasteiger partial charge in [-0.25, -0.2) is 0 Å². The van der Waals surface area contributed by atoms with Crippen LogP contribution in [0.4, 0.5) is 5.69 Å². The van der Waals surface area contributed by atoms with Gasteiger partial charge >= 0.3 is 0 Å². The van der Waals surface area contributed by atoms with Gasteiger partial charge in [0.1, 0.15) is 0 Å². The number of hydrogen-bond donors (Lipinski definition) is 2. The molecular weight excluding hydrogens is 244 g/mol. The first kappa shape index (κ1) is 13.9. The maximum Gasteiger partial charge on any atom is 0.0372 e. The normalized spacial score (nSPS) is 30.1. The van der Waals surface area contributed by atoms with Gasteiger partial charge in [0.2, 0.25) is 0 Å². The molecule has 0 spiro atoms. The molecule has 1 aromatic rings. The van der Waals surface area contributed by atoms with E-state index in [4.69, 9.17) is 0 Å². The van der Waals surface area contributed by atoms with E-state index < -0.39 is 0 Å². The van der Waals surface area contributed by atoms with Crippen LogP contribution in [0.15, 0.2) is 24.3 Å². The van der Waals surface area contributed by atoms with Crippen LogP contribution < -0.4 is 10.6 Å². The Kier molecular flexibility index (Phi) is 4.62. The van der Waals surface area contributed by atoms with Gasteiger partial charge in [0, 0.05) is 24.8 Å². The van der Waals surface area contributed by atoms with Crippen molar-refractivity contribution in [1.29, 1.82) is 0 Å². The van der Waals surface area contributed by atoms with Gasteiger partial charge in [0.05, 0.1) is 0 Å². The Hall–Kier alpha value is -1.02. The number of anilines is 1. The average Bonchev–Trinajstić information content (AvgIpc) is 2.69. The van der Waals surface area contributed by atoms with E-state index in [2.05, 4.69) is 41.8 Å². The molecule has 1 fully saturated rings. The lowest BCUT2D eigenvalue weighted by Crippen LogP contribution is -2.37. The molecule has 3 unspecified atom stereocenters. The monoisotopic (exact) mass is 272 g/mol. The molecule has 1 aliphatic heterocycles. The van der Waals surface area contributed by atoms with Crippen LogP contribution in [-0.4, -0.2) is 19.1 Å². The Labute approximate surface area is 123 Å². The van der Waals surface area contributed by atoms with Crippen molar-refractivity contribution in [2.45, 2.75) is 51.5 Å². The number of para-hydroxylation sites is 1. The maximum absolute atomic E-state index is 3.84. The van der Waals surface area contributed by atoms with Crippen LogP contribution in [-0.2, 0) is 6.42 Å². The molecule has 2 nitrogen and oxygen atoms in total. The summed E-state index contributed by atoms with van der Waals surface area (Å²) in [4.78, 5) is 0. The fourth-order valence-corrected chi connectivity index (χ4v) is 3.68. The summed E-state index contributed by atoms with van der Waals surface area (Å²) in [5, 5.41) is 7.42. The van der Waals surface area contributed by atoms with Gasteiger partial charge in [0.25, 0.3) is 0 Å². The summed E-state index contributed by atoms with van der Waals surface area (Å²) < 4.78 is 0. The van der Waals surface area contributed by atoms with E-state index in [0.29, 0.717) is 0 Å². The second-order valence-corrected chi connectivity index (χ2v) is 6.83. The predicted molar refractivity (Wildman–Crippen MR) is 86.2 cm³/mol. The zero-order valence-electron chi connectivity index (χ0n) is 12.7. The smallest absolute Gasteiger partial charge is 0.0372 e. The van der Waals surface area contributed by atoms with Crippen LogP contribution in [0.25, 0.3) is 0 Å². The summed E-state index contributed by atoms with van der Waals surface area (Å²) in [6, 6.07) is 9.50. The standard InChI is InChI=1S/C18H28N2/c1-14-5-4-7-17(10-9-14)19-12-15-11-16-6-2-3-8-18(16)20-13-15/h2-3,6,8,14-15,17,19-20H,4-5,7,9-13H2,1H3. The van der Waals surface area contributed by atoms with E-state index in [-0.39, 0.29) is 0 Å². The van der Waals surface area contributed by atoms with Gasteiger partial charge in [-0.2, -0.15) is 0 Å². The Morgan fingerprint density at radius 1 is 1.15 bits per heavy atom. The highest BCUT2D eigenvalue weighted by atomic mass is 14.9. The quantitative estimate of drug-likeness (QED) is 0.817. The molecule has 3 atom stereocenters. The minimum atomic E-state index is 0.741. The minimum Gasteiger partial charge on any atom is -0.384 e. The Balaban J connectivity index is 1.48. The van der Waals surface area contributed by atoms with E-state index in [9.17, 15) is 0 Å². The maximum atomic E-state index is 3.84. The van der Waals surface area contributed by atoms with Crippen LogP contribution >= 0.6 is 0 Å². The Morgan fingerprint density at radius 3 is 3.00 bits per heavy atom. The van der Waals surface area contributed by atoms with Crippen LogP contribution in [0.1, 0.15) is 44.6 Å². The molecule has 0 aromatic heterocycles. The molecule has 0 bridgehead atoms. The summed E-state index contributed by atoms with van der Waals surface area (Å²) in [6.07, 6.45) is 8.21. The summed E-state index contributed by atoms with van der Waals surface area (Å²) in [5.41, 5.74) is 2.83. The lowest BCUT2D eigenvalue weighted by Gasteiger charge is -2.28. The van der Waals surface area contributed by atoms with Gasteiger partial charge < -0.3 is 10.6 Å². The van der Waals surface area contributed by atoms with Crippen LogP contribution in [0, 0.1) is 11.8 Å². The van der Waals surface area contributed by atoms with Crippen molar-refractivity contribution < 1.29 is 0 Å². The van der Waals surface area contributed by atoms with Crippen molar-refractivity contribution in [3.05, 3.63) is 29.8 Å². The third kappa shape index (κ3) is 3.54. The van der Waals surface area contributed by atoms with E-state index in [1.165, 1.54) is 56.3 Å². The van der Waals surface area contributed by atoms with E-state index in [1.54, 1.807) is 0 Å². The summed E-state index contributed by atoms with van der Waals surface area (Å²) in [5.74, 6) is 1.68. The Morgan fingerprint density at radius 2 is 2.05 bits per heavy atom. The molecule has 0 saturated heterocycles. The van der Waals surface area contributed by atoms with Crippen molar-refractivity contribution in [3.8, 4) is 0 Å². The lowest BCUT2D eigenvalue weighted by atomic mass is 9.93. The second-order valence-electron chi connectivity index (χ2n) is 6.83. The average molecular weight is 272 g/mol. The van der Waals surface area contributed by atoms with Gasteiger partial charge in [0.15, 0.2) is 0 Å². The largest absolute Gasteiger partial charge is 0.384 e. The highest BCUT2D eigenvalue weighted by Gasteiger charge is 2.20. The molecule has 1 heterocycles.